The van der Waals surface area contributed by atoms with Crippen LogP contribution in [0.15, 0.2) is 76.2 Å². The molecule has 0 radical (unpaired) electrons. The van der Waals surface area contributed by atoms with Gasteiger partial charge in [-0.2, -0.15) is 0 Å². The van der Waals surface area contributed by atoms with E-state index in [0.717, 1.165) is 27.8 Å². The molecule has 0 spiro atoms. The number of halogens is 1. The molecular formula is C27H22FN3O5S. The van der Waals surface area contributed by atoms with Crippen LogP contribution in [0, 0.1) is 5.82 Å². The average Bonchev–Trinajstić information content (AvgIpc) is 3.53. The second-order valence-electron chi connectivity index (χ2n) is 8.54. The summed E-state index contributed by atoms with van der Waals surface area (Å²) >= 11 is 0.723. The highest BCUT2D eigenvalue weighted by atomic mass is 32.2. The van der Waals surface area contributed by atoms with E-state index in [1.807, 2.05) is 24.3 Å². The van der Waals surface area contributed by atoms with Crippen molar-refractivity contribution >= 4 is 40.8 Å². The second-order valence-corrected chi connectivity index (χ2v) is 9.54. The minimum atomic E-state index is -0.789. The lowest BCUT2D eigenvalue weighted by atomic mass is 9.93. The van der Waals surface area contributed by atoms with E-state index in [1.54, 1.807) is 18.2 Å². The molecule has 1 atom stereocenters. The van der Waals surface area contributed by atoms with Gasteiger partial charge in [0, 0.05) is 31.6 Å². The standard InChI is InChI=1S/C27H22FN3O5S/c28-20-9-4-3-7-18(20)15-23-26(34)30(27(35)37-23)12-11-29-24(32)21-14-17-6-1-2-8-19(17)16-31(21)25(33)22-10-5-13-36-22/h1-10,13,15,21H,11-12,14,16H2,(H,29,32). The molecule has 4 amide bonds. The molecular weight excluding hydrogens is 497 g/mol. The molecule has 1 N–H and O–H groups in total. The Morgan fingerprint density at radius 2 is 1.81 bits per heavy atom. The summed E-state index contributed by atoms with van der Waals surface area (Å²) in [5.74, 6) is -1.71. The molecule has 5 rings (SSSR count). The maximum atomic E-state index is 14.0. The maximum absolute atomic E-state index is 14.0. The molecule has 0 saturated carbocycles. The zero-order valence-electron chi connectivity index (χ0n) is 19.6. The van der Waals surface area contributed by atoms with E-state index >= 15 is 0 Å². The first-order valence-electron chi connectivity index (χ1n) is 11.6. The molecule has 8 nitrogen and oxygen atoms in total. The van der Waals surface area contributed by atoms with Gasteiger partial charge in [0.25, 0.3) is 17.1 Å². The Balaban J connectivity index is 1.25. The summed E-state index contributed by atoms with van der Waals surface area (Å²) in [4.78, 5) is 54.0. The third-order valence-electron chi connectivity index (χ3n) is 6.24. The highest BCUT2D eigenvalue weighted by Crippen LogP contribution is 2.32. The summed E-state index contributed by atoms with van der Waals surface area (Å²) in [6, 6.07) is 15.9. The minimum Gasteiger partial charge on any atom is -0.459 e. The Morgan fingerprint density at radius 3 is 2.57 bits per heavy atom. The summed E-state index contributed by atoms with van der Waals surface area (Å²) in [5.41, 5.74) is 2.13. The summed E-state index contributed by atoms with van der Waals surface area (Å²) in [7, 11) is 0. The fourth-order valence-corrected chi connectivity index (χ4v) is 5.20. The largest absolute Gasteiger partial charge is 0.459 e. The van der Waals surface area contributed by atoms with E-state index in [-0.39, 0.29) is 35.9 Å². The number of imide groups is 1. The Hall–Kier alpha value is -4.18. The van der Waals surface area contributed by atoms with Crippen molar-refractivity contribution in [3.63, 3.8) is 0 Å². The van der Waals surface area contributed by atoms with Gasteiger partial charge in [0.1, 0.15) is 11.9 Å². The van der Waals surface area contributed by atoms with Gasteiger partial charge in [-0.05, 0) is 47.2 Å². The number of fused-ring (bicyclic) bond motifs is 1. The second kappa shape index (κ2) is 10.4. The lowest BCUT2D eigenvalue weighted by molar-refractivity contribution is -0.127. The van der Waals surface area contributed by atoms with Crippen LogP contribution in [0.2, 0.25) is 0 Å². The number of nitrogens with one attached hydrogen (secondary N) is 1. The van der Waals surface area contributed by atoms with Crippen molar-refractivity contribution in [1.29, 1.82) is 0 Å². The van der Waals surface area contributed by atoms with E-state index in [4.69, 9.17) is 4.42 Å². The van der Waals surface area contributed by atoms with Crippen molar-refractivity contribution in [2.75, 3.05) is 13.1 Å². The first kappa shape index (κ1) is 24.5. The van der Waals surface area contributed by atoms with Crippen molar-refractivity contribution in [3.8, 4) is 0 Å². The van der Waals surface area contributed by atoms with Crippen LogP contribution < -0.4 is 5.32 Å². The van der Waals surface area contributed by atoms with Gasteiger partial charge in [-0.1, -0.05) is 42.5 Å². The van der Waals surface area contributed by atoms with Gasteiger partial charge >= 0.3 is 0 Å². The number of nitrogens with zero attached hydrogens (tertiary/aromatic N) is 2. The Kier molecular flexibility index (Phi) is 6.91. The number of hydrogen-bond acceptors (Lipinski definition) is 6. The Bertz CT molecular complexity index is 1400. The molecule has 10 heteroatoms. The number of carbonyl (C=O) groups is 4. The predicted molar refractivity (Wildman–Crippen MR) is 135 cm³/mol. The van der Waals surface area contributed by atoms with Crippen molar-refractivity contribution in [3.05, 3.63) is 100 Å². The predicted octanol–water partition coefficient (Wildman–Crippen LogP) is 3.84. The van der Waals surface area contributed by atoms with Gasteiger partial charge in [0.15, 0.2) is 5.76 Å². The molecule has 2 aromatic carbocycles. The smallest absolute Gasteiger partial charge is 0.293 e. The SMILES string of the molecule is O=C(NCCN1C(=O)SC(=Cc2ccccc2F)C1=O)C1Cc2ccccc2CN1C(=O)c1ccco1. The Morgan fingerprint density at radius 1 is 1.05 bits per heavy atom. The topological polar surface area (TPSA) is 99.9 Å². The number of rotatable bonds is 6. The molecule has 0 aliphatic carbocycles. The van der Waals surface area contributed by atoms with E-state index in [2.05, 4.69) is 5.32 Å². The van der Waals surface area contributed by atoms with Gasteiger partial charge < -0.3 is 14.6 Å². The monoisotopic (exact) mass is 519 g/mol. The molecule has 37 heavy (non-hydrogen) atoms. The van der Waals surface area contributed by atoms with Crippen molar-refractivity contribution in [2.24, 2.45) is 0 Å². The van der Waals surface area contributed by atoms with E-state index in [9.17, 15) is 23.6 Å². The van der Waals surface area contributed by atoms with Crippen LogP contribution in [0.1, 0.15) is 27.2 Å². The van der Waals surface area contributed by atoms with Crippen LogP contribution in [0.25, 0.3) is 6.08 Å². The van der Waals surface area contributed by atoms with Crippen LogP contribution in [0.5, 0.6) is 0 Å². The molecule has 2 aliphatic rings. The van der Waals surface area contributed by atoms with E-state index in [0.29, 0.717) is 6.42 Å². The molecule has 188 valence electrons. The van der Waals surface area contributed by atoms with Crippen LogP contribution in [0.4, 0.5) is 9.18 Å². The summed E-state index contributed by atoms with van der Waals surface area (Å²) in [5, 5.41) is 2.26. The molecule has 0 bridgehead atoms. The Labute approximate surface area is 216 Å². The maximum Gasteiger partial charge on any atom is 0.293 e. The van der Waals surface area contributed by atoms with Gasteiger partial charge in [-0.3, -0.25) is 24.1 Å². The van der Waals surface area contributed by atoms with Gasteiger partial charge in [0.05, 0.1) is 11.2 Å². The van der Waals surface area contributed by atoms with Crippen LogP contribution in [-0.2, 0) is 22.6 Å². The number of benzene rings is 2. The summed E-state index contributed by atoms with van der Waals surface area (Å²) in [6.07, 6.45) is 3.06. The van der Waals surface area contributed by atoms with Crippen molar-refractivity contribution in [2.45, 2.75) is 19.0 Å². The lowest BCUT2D eigenvalue weighted by Crippen LogP contribution is -2.53. The zero-order chi connectivity index (χ0) is 25.9. The number of amides is 4. The molecule has 1 unspecified atom stereocenters. The molecule has 3 aromatic rings. The van der Waals surface area contributed by atoms with Gasteiger partial charge in [-0.25, -0.2) is 4.39 Å². The third kappa shape index (κ3) is 5.05. The summed E-state index contributed by atoms with van der Waals surface area (Å²) in [6.45, 7) is 0.197. The number of furan rings is 1. The normalized spacial score (nSPS) is 18.3. The van der Waals surface area contributed by atoms with Crippen molar-refractivity contribution in [1.82, 2.24) is 15.1 Å². The zero-order valence-corrected chi connectivity index (χ0v) is 20.4. The van der Waals surface area contributed by atoms with Gasteiger partial charge in [0.2, 0.25) is 5.91 Å². The number of carbonyl (C=O) groups excluding carboxylic acids is 4. The lowest BCUT2D eigenvalue weighted by Gasteiger charge is -2.35. The average molecular weight is 520 g/mol. The minimum absolute atomic E-state index is 0.00474. The van der Waals surface area contributed by atoms with Crippen molar-refractivity contribution < 1.29 is 28.0 Å². The summed E-state index contributed by atoms with van der Waals surface area (Å²) < 4.78 is 19.2. The first-order valence-corrected chi connectivity index (χ1v) is 12.4. The molecule has 3 heterocycles. The molecule has 2 aliphatic heterocycles. The highest BCUT2D eigenvalue weighted by Gasteiger charge is 2.37. The fraction of sp³-hybridized carbons (Fsp3) is 0.185. The number of thioether (sulfide) groups is 1. The first-order chi connectivity index (χ1) is 17.9. The van der Waals surface area contributed by atoms with Crippen LogP contribution in [0.3, 0.4) is 0 Å². The van der Waals surface area contributed by atoms with E-state index < -0.39 is 34.8 Å². The highest BCUT2D eigenvalue weighted by molar-refractivity contribution is 8.18. The molecule has 1 saturated heterocycles. The quantitative estimate of drug-likeness (QED) is 0.497. The molecule has 1 aromatic heterocycles. The third-order valence-corrected chi connectivity index (χ3v) is 7.15. The van der Waals surface area contributed by atoms with Gasteiger partial charge in [-0.15, -0.1) is 0 Å². The van der Waals surface area contributed by atoms with Crippen LogP contribution in [-0.4, -0.2) is 51.9 Å². The molecule has 1 fully saturated rings. The number of hydrogen-bond donors (Lipinski definition) is 1. The van der Waals surface area contributed by atoms with Crippen LogP contribution >= 0.6 is 11.8 Å². The van der Waals surface area contributed by atoms with E-state index in [1.165, 1.54) is 35.4 Å². The fourth-order valence-electron chi connectivity index (χ4n) is 4.35.